The van der Waals surface area contributed by atoms with Crippen molar-refractivity contribution in [1.82, 2.24) is 15.8 Å². The second-order valence-corrected chi connectivity index (χ2v) is 13.4. The zero-order chi connectivity index (χ0) is 34.0. The van der Waals surface area contributed by atoms with Crippen molar-refractivity contribution in [1.29, 1.82) is 0 Å². The van der Waals surface area contributed by atoms with Crippen LogP contribution in [0.1, 0.15) is 85.5 Å². The molecule has 45 heavy (non-hydrogen) atoms. The second-order valence-electron chi connectivity index (χ2n) is 13.4. The summed E-state index contributed by atoms with van der Waals surface area (Å²) in [5.41, 5.74) is 2.62. The smallest absolute Gasteiger partial charge is 0.410 e. The molecule has 252 valence electrons. The maximum absolute atomic E-state index is 12.8. The molecule has 14 heteroatoms. The first-order valence-corrected chi connectivity index (χ1v) is 14.7. The van der Waals surface area contributed by atoms with Crippen molar-refractivity contribution < 1.29 is 52.4 Å². The molecule has 0 unspecified atom stereocenters. The number of hydrogen-bond donors (Lipinski definition) is 2. The van der Waals surface area contributed by atoms with E-state index < -0.39 is 53.8 Å². The highest BCUT2D eigenvalue weighted by Gasteiger charge is 2.28. The van der Waals surface area contributed by atoms with Crippen LogP contribution < -0.4 is 20.3 Å². The maximum atomic E-state index is 12.8. The van der Waals surface area contributed by atoms with Gasteiger partial charge in [-0.15, -0.1) is 0 Å². The van der Waals surface area contributed by atoms with Gasteiger partial charge in [0.25, 0.3) is 11.8 Å². The Morgan fingerprint density at radius 1 is 0.711 bits per heavy atom. The number of nitrogens with zero attached hydrogens (tertiary/aromatic N) is 1. The third-order valence-electron chi connectivity index (χ3n) is 5.60. The van der Waals surface area contributed by atoms with Crippen molar-refractivity contribution in [3.05, 3.63) is 23.8 Å². The molecule has 1 saturated heterocycles. The van der Waals surface area contributed by atoms with Crippen LogP contribution in [-0.4, -0.2) is 90.6 Å². The van der Waals surface area contributed by atoms with Crippen molar-refractivity contribution in [3.8, 4) is 11.5 Å². The van der Waals surface area contributed by atoms with Crippen LogP contribution in [0.15, 0.2) is 18.2 Å². The van der Waals surface area contributed by atoms with Crippen LogP contribution in [-0.2, 0) is 33.3 Å². The van der Waals surface area contributed by atoms with E-state index >= 15 is 0 Å². The molecule has 0 aromatic heterocycles. The number of likely N-dealkylation sites (tertiary alicyclic amines) is 1. The average Bonchev–Trinajstić information content (AvgIpc) is 2.90. The topological polar surface area (TPSA) is 168 Å². The summed E-state index contributed by atoms with van der Waals surface area (Å²) >= 11 is 0. The Hall–Kier alpha value is -4.07. The fraction of sp³-hybridized carbons (Fsp3) is 0.645. The van der Waals surface area contributed by atoms with Crippen molar-refractivity contribution in [2.45, 2.75) is 98.1 Å². The van der Waals surface area contributed by atoms with Crippen molar-refractivity contribution in [2.24, 2.45) is 0 Å². The Morgan fingerprint density at radius 2 is 1.22 bits per heavy atom. The fourth-order valence-electron chi connectivity index (χ4n) is 3.86. The molecular weight excluding hydrogens is 590 g/mol. The number of rotatable bonds is 10. The third-order valence-corrected chi connectivity index (χ3v) is 5.60. The lowest BCUT2D eigenvalue weighted by Gasteiger charge is -2.33. The van der Waals surface area contributed by atoms with E-state index in [-0.39, 0.29) is 35.9 Å². The number of piperidine rings is 1. The number of amides is 3. The van der Waals surface area contributed by atoms with E-state index in [1.807, 2.05) is 0 Å². The molecule has 2 rings (SSSR count). The van der Waals surface area contributed by atoms with Gasteiger partial charge in [0.15, 0.2) is 24.7 Å². The number of nitrogens with one attached hydrogen (secondary N) is 2. The minimum atomic E-state index is -0.739. The molecule has 3 amide bonds. The highest BCUT2D eigenvalue weighted by Crippen LogP contribution is 2.29. The van der Waals surface area contributed by atoms with Gasteiger partial charge in [0.2, 0.25) is 0 Å². The summed E-state index contributed by atoms with van der Waals surface area (Å²) in [6, 6.07) is 4.07. The molecule has 14 nitrogen and oxygen atoms in total. The first kappa shape index (κ1) is 37.1. The fourth-order valence-corrected chi connectivity index (χ4v) is 3.86. The number of carbonyl (C=O) groups is 5. The Labute approximate surface area is 264 Å². The van der Waals surface area contributed by atoms with Gasteiger partial charge in [-0.3, -0.25) is 20.4 Å². The van der Waals surface area contributed by atoms with Gasteiger partial charge in [0.05, 0.1) is 6.10 Å². The molecule has 1 heterocycles. The zero-order valence-electron chi connectivity index (χ0n) is 27.7. The van der Waals surface area contributed by atoms with Crippen molar-refractivity contribution in [3.63, 3.8) is 0 Å². The molecule has 2 N–H and O–H groups in total. The molecule has 1 aliphatic heterocycles. The zero-order valence-corrected chi connectivity index (χ0v) is 27.7. The molecule has 1 aromatic rings. The van der Waals surface area contributed by atoms with Crippen LogP contribution in [0.25, 0.3) is 0 Å². The van der Waals surface area contributed by atoms with Crippen LogP contribution in [0.2, 0.25) is 0 Å². The number of ether oxygens (including phenoxy) is 6. The number of hydrazine groups is 1. The normalized spacial score (nSPS) is 14.2. The standard InChI is InChI=1S/C31H47N3O11/c1-29(2,3)43-25(36)18-41-22-11-10-20(16-23(22)42-19-26(37)44-30(4,5)6)27(38)33-32-24(35)17-40-21-12-14-34(15-13-21)28(39)45-31(7,8)9/h10-11,16,21H,12-15,17-19H2,1-9H3,(H,32,35)(H,33,38). The number of esters is 2. The lowest BCUT2D eigenvalue weighted by Crippen LogP contribution is -2.46. The summed E-state index contributed by atoms with van der Waals surface area (Å²) in [5, 5.41) is 0. The third kappa shape index (κ3) is 15.0. The number of carbonyl (C=O) groups excluding carboxylic acids is 5. The van der Waals surface area contributed by atoms with E-state index in [0.717, 1.165) is 0 Å². The summed E-state index contributed by atoms with van der Waals surface area (Å²) in [5.74, 6) is -2.48. The van der Waals surface area contributed by atoms with E-state index in [1.165, 1.54) is 18.2 Å². The van der Waals surface area contributed by atoms with E-state index in [0.29, 0.717) is 25.9 Å². The summed E-state index contributed by atoms with van der Waals surface area (Å²) in [7, 11) is 0. The molecular formula is C31H47N3O11. The second kappa shape index (κ2) is 15.8. The summed E-state index contributed by atoms with van der Waals surface area (Å²) in [6.07, 6.45) is 0.450. The molecule has 1 aromatic carbocycles. The maximum Gasteiger partial charge on any atom is 0.410 e. The summed E-state index contributed by atoms with van der Waals surface area (Å²) in [4.78, 5) is 63.3. The molecule has 0 spiro atoms. The van der Waals surface area contributed by atoms with E-state index in [9.17, 15) is 24.0 Å². The molecule has 1 fully saturated rings. The van der Waals surface area contributed by atoms with Gasteiger partial charge in [0, 0.05) is 18.7 Å². The molecule has 0 aliphatic carbocycles. The summed E-state index contributed by atoms with van der Waals surface area (Å²) < 4.78 is 32.6. The van der Waals surface area contributed by atoms with Crippen LogP contribution >= 0.6 is 0 Å². The Morgan fingerprint density at radius 3 is 1.73 bits per heavy atom. The van der Waals surface area contributed by atoms with Gasteiger partial charge in [-0.2, -0.15) is 0 Å². The lowest BCUT2D eigenvalue weighted by atomic mass is 10.1. The predicted octanol–water partition coefficient (Wildman–Crippen LogP) is 3.30. The molecule has 0 saturated carbocycles. The summed E-state index contributed by atoms with van der Waals surface area (Å²) in [6.45, 7) is 15.3. The molecule has 1 aliphatic rings. The van der Waals surface area contributed by atoms with Gasteiger partial charge in [-0.05, 0) is 93.4 Å². The Balaban J connectivity index is 1.93. The van der Waals surface area contributed by atoms with Gasteiger partial charge >= 0.3 is 18.0 Å². The SMILES string of the molecule is CC(C)(C)OC(=O)COc1ccc(C(=O)NNC(=O)COC2CCN(C(=O)OC(C)(C)C)CC2)cc1OCC(=O)OC(C)(C)C. The quantitative estimate of drug-likeness (QED) is 0.219. The first-order valence-electron chi connectivity index (χ1n) is 14.7. The Bertz CT molecular complexity index is 1200. The monoisotopic (exact) mass is 637 g/mol. The highest BCUT2D eigenvalue weighted by atomic mass is 16.6. The van der Waals surface area contributed by atoms with Crippen molar-refractivity contribution >= 4 is 29.8 Å². The van der Waals surface area contributed by atoms with Gasteiger partial charge < -0.3 is 33.3 Å². The van der Waals surface area contributed by atoms with Crippen LogP contribution in [0.4, 0.5) is 4.79 Å². The Kier molecular flexibility index (Phi) is 13.0. The highest BCUT2D eigenvalue weighted by molar-refractivity contribution is 5.96. The van der Waals surface area contributed by atoms with E-state index in [4.69, 9.17) is 28.4 Å². The van der Waals surface area contributed by atoms with E-state index in [1.54, 1.807) is 67.2 Å². The van der Waals surface area contributed by atoms with E-state index in [2.05, 4.69) is 10.9 Å². The molecule has 0 atom stereocenters. The first-order chi connectivity index (χ1) is 20.7. The van der Waals surface area contributed by atoms with Crippen LogP contribution in [0.5, 0.6) is 11.5 Å². The molecule has 0 bridgehead atoms. The number of hydrogen-bond acceptors (Lipinski definition) is 11. The van der Waals surface area contributed by atoms with Crippen LogP contribution in [0.3, 0.4) is 0 Å². The lowest BCUT2D eigenvalue weighted by molar-refractivity contribution is -0.158. The van der Waals surface area contributed by atoms with Crippen LogP contribution in [0, 0.1) is 0 Å². The largest absolute Gasteiger partial charge is 0.478 e. The predicted molar refractivity (Wildman–Crippen MR) is 162 cm³/mol. The molecule has 0 radical (unpaired) electrons. The average molecular weight is 638 g/mol. The minimum Gasteiger partial charge on any atom is -0.478 e. The van der Waals surface area contributed by atoms with Crippen molar-refractivity contribution in [2.75, 3.05) is 32.9 Å². The minimum absolute atomic E-state index is 0.00977. The van der Waals surface area contributed by atoms with Gasteiger partial charge in [0.1, 0.15) is 23.4 Å². The van der Waals surface area contributed by atoms with Gasteiger partial charge in [-0.1, -0.05) is 0 Å². The number of benzene rings is 1. The van der Waals surface area contributed by atoms with Gasteiger partial charge in [-0.25, -0.2) is 14.4 Å².